The third-order valence-corrected chi connectivity index (χ3v) is 3.71. The van der Waals surface area contributed by atoms with E-state index in [-0.39, 0.29) is 6.04 Å². The molecule has 102 valence electrons. The Labute approximate surface area is 121 Å². The number of pyridine rings is 1. The van der Waals surface area contributed by atoms with Crippen LogP contribution in [0.3, 0.4) is 0 Å². The van der Waals surface area contributed by atoms with Crippen molar-refractivity contribution in [2.75, 3.05) is 0 Å². The lowest BCUT2D eigenvalue weighted by Gasteiger charge is -2.15. The van der Waals surface area contributed by atoms with Gasteiger partial charge in [0.05, 0.1) is 17.3 Å². The molecule has 0 saturated heterocycles. The molecule has 0 bridgehead atoms. The zero-order valence-electron chi connectivity index (χ0n) is 10.7. The summed E-state index contributed by atoms with van der Waals surface area (Å²) in [4.78, 5) is 3.99. The second-order valence-corrected chi connectivity index (χ2v) is 4.98. The molecule has 1 aromatic carbocycles. The molecular weight excluding hydrogens is 274 g/mol. The van der Waals surface area contributed by atoms with Gasteiger partial charge in [0.1, 0.15) is 5.58 Å². The first-order valence-corrected chi connectivity index (χ1v) is 6.68. The molecule has 2 aromatic heterocycles. The second kappa shape index (κ2) is 5.63. The van der Waals surface area contributed by atoms with E-state index in [4.69, 9.17) is 21.9 Å². The highest BCUT2D eigenvalue weighted by molar-refractivity contribution is 6.31. The molecule has 0 fully saturated rings. The average molecular weight is 288 g/mol. The van der Waals surface area contributed by atoms with Crippen molar-refractivity contribution in [2.45, 2.75) is 12.5 Å². The van der Waals surface area contributed by atoms with Crippen molar-refractivity contribution in [1.29, 1.82) is 0 Å². The minimum absolute atomic E-state index is 0.0708. The molecule has 0 aliphatic heterocycles. The van der Waals surface area contributed by atoms with Gasteiger partial charge in [0.2, 0.25) is 0 Å². The summed E-state index contributed by atoms with van der Waals surface area (Å²) in [7, 11) is 0. The van der Waals surface area contributed by atoms with Crippen LogP contribution in [-0.2, 0) is 6.42 Å². The topological polar surface area (TPSA) is 64.1 Å². The fourth-order valence-electron chi connectivity index (χ4n) is 2.32. The number of nitrogens with zero attached hydrogens (tertiary/aromatic N) is 1. The number of nitrogens with one attached hydrogen (secondary N) is 1. The van der Waals surface area contributed by atoms with Crippen LogP contribution in [0, 0.1) is 0 Å². The molecule has 0 amide bonds. The Balaban J connectivity index is 1.96. The molecule has 2 heterocycles. The van der Waals surface area contributed by atoms with Crippen LogP contribution in [0.1, 0.15) is 17.2 Å². The van der Waals surface area contributed by atoms with Crippen molar-refractivity contribution in [3.8, 4) is 0 Å². The van der Waals surface area contributed by atoms with Crippen molar-refractivity contribution >= 4 is 22.6 Å². The fourth-order valence-corrected chi connectivity index (χ4v) is 2.51. The number of para-hydroxylation sites is 1. The lowest BCUT2D eigenvalue weighted by molar-refractivity contribution is 0.536. The van der Waals surface area contributed by atoms with Gasteiger partial charge in [-0.05, 0) is 24.1 Å². The normalized spacial score (nSPS) is 12.7. The Morgan fingerprint density at radius 1 is 1.30 bits per heavy atom. The molecule has 0 radical (unpaired) electrons. The van der Waals surface area contributed by atoms with Crippen LogP contribution in [0.15, 0.2) is 53.4 Å². The fraction of sp³-hybridized carbons (Fsp3) is 0.133. The molecule has 0 saturated carbocycles. The van der Waals surface area contributed by atoms with Crippen molar-refractivity contribution < 1.29 is 4.42 Å². The maximum absolute atomic E-state index is 6.15. The minimum atomic E-state index is -0.0708. The minimum Gasteiger partial charge on any atom is -0.464 e. The van der Waals surface area contributed by atoms with Crippen LogP contribution in [0.5, 0.6) is 0 Å². The lowest BCUT2D eigenvalue weighted by atomic mass is 9.99. The van der Waals surface area contributed by atoms with Gasteiger partial charge in [-0.25, -0.2) is 0 Å². The van der Waals surface area contributed by atoms with Crippen molar-refractivity contribution in [1.82, 2.24) is 10.4 Å². The van der Waals surface area contributed by atoms with E-state index in [9.17, 15) is 0 Å². The van der Waals surface area contributed by atoms with Crippen LogP contribution in [0.25, 0.3) is 11.0 Å². The molecule has 3 aromatic rings. The van der Waals surface area contributed by atoms with E-state index in [1.807, 2.05) is 30.3 Å². The van der Waals surface area contributed by atoms with Crippen LogP contribution >= 0.6 is 11.6 Å². The maximum atomic E-state index is 6.15. The Hall–Kier alpha value is -1.88. The Kier molecular flexibility index (Phi) is 3.69. The van der Waals surface area contributed by atoms with E-state index >= 15 is 0 Å². The highest BCUT2D eigenvalue weighted by Gasteiger charge is 2.17. The molecule has 3 N–H and O–H groups in total. The second-order valence-electron chi connectivity index (χ2n) is 4.58. The van der Waals surface area contributed by atoms with Gasteiger partial charge in [-0.15, -0.1) is 0 Å². The largest absolute Gasteiger partial charge is 0.464 e. The zero-order chi connectivity index (χ0) is 13.9. The number of furan rings is 1. The summed E-state index contributed by atoms with van der Waals surface area (Å²) in [5, 5.41) is 1.70. The summed E-state index contributed by atoms with van der Waals surface area (Å²) < 4.78 is 5.56. The zero-order valence-corrected chi connectivity index (χ0v) is 11.5. The smallest absolute Gasteiger partial charge is 0.134 e. The third-order valence-electron chi connectivity index (χ3n) is 3.37. The van der Waals surface area contributed by atoms with Gasteiger partial charge in [-0.2, -0.15) is 0 Å². The Morgan fingerprint density at radius 3 is 2.95 bits per heavy atom. The van der Waals surface area contributed by atoms with Crippen molar-refractivity contribution in [3.05, 3.63) is 65.1 Å². The SMILES string of the molecule is NNC(Cc1ccncc1Cl)c1coc2ccccc12. The number of aromatic nitrogens is 1. The third kappa shape index (κ3) is 2.41. The van der Waals surface area contributed by atoms with Crippen LogP contribution in [0.4, 0.5) is 0 Å². The number of hydrazine groups is 1. The van der Waals surface area contributed by atoms with Gasteiger partial charge < -0.3 is 4.42 Å². The molecule has 0 aliphatic carbocycles. The van der Waals surface area contributed by atoms with E-state index in [0.29, 0.717) is 11.4 Å². The van der Waals surface area contributed by atoms with Crippen LogP contribution in [-0.4, -0.2) is 4.98 Å². The summed E-state index contributed by atoms with van der Waals surface area (Å²) in [5.41, 5.74) is 5.70. The number of benzene rings is 1. The summed E-state index contributed by atoms with van der Waals surface area (Å²) in [6, 6.07) is 9.71. The van der Waals surface area contributed by atoms with E-state index in [2.05, 4.69) is 10.4 Å². The molecule has 5 heteroatoms. The van der Waals surface area contributed by atoms with Gasteiger partial charge in [0.25, 0.3) is 0 Å². The van der Waals surface area contributed by atoms with E-state index < -0.39 is 0 Å². The van der Waals surface area contributed by atoms with Gasteiger partial charge >= 0.3 is 0 Å². The quantitative estimate of drug-likeness (QED) is 0.571. The molecule has 20 heavy (non-hydrogen) atoms. The van der Waals surface area contributed by atoms with Gasteiger partial charge in [-0.3, -0.25) is 16.3 Å². The monoisotopic (exact) mass is 287 g/mol. The Bertz CT molecular complexity index is 726. The summed E-state index contributed by atoms with van der Waals surface area (Å²) in [6.45, 7) is 0. The number of fused-ring (bicyclic) bond motifs is 1. The van der Waals surface area contributed by atoms with Crippen LogP contribution in [0.2, 0.25) is 5.02 Å². The number of hydrogen-bond donors (Lipinski definition) is 2. The lowest BCUT2D eigenvalue weighted by Crippen LogP contribution is -2.29. The standard InChI is InChI=1S/C15H14ClN3O/c16-13-8-18-6-5-10(13)7-14(19-17)12-9-20-15-4-2-1-3-11(12)15/h1-6,8-9,14,19H,7,17H2. The first-order chi connectivity index (χ1) is 9.79. The molecule has 1 unspecified atom stereocenters. The predicted molar refractivity (Wildman–Crippen MR) is 79.2 cm³/mol. The predicted octanol–water partition coefficient (Wildman–Crippen LogP) is 3.23. The van der Waals surface area contributed by atoms with E-state index in [1.165, 1.54) is 0 Å². The number of rotatable bonds is 4. The number of nitrogens with two attached hydrogens (primary N) is 1. The van der Waals surface area contributed by atoms with Gasteiger partial charge in [-0.1, -0.05) is 29.8 Å². The maximum Gasteiger partial charge on any atom is 0.134 e. The number of halogens is 1. The first-order valence-electron chi connectivity index (χ1n) is 6.30. The van der Waals surface area contributed by atoms with Gasteiger partial charge in [0, 0.05) is 23.3 Å². The average Bonchev–Trinajstić information content (AvgIpc) is 2.90. The molecule has 1 atom stereocenters. The summed E-state index contributed by atoms with van der Waals surface area (Å²) in [6.07, 6.45) is 5.77. The number of hydrogen-bond acceptors (Lipinski definition) is 4. The first kappa shape index (κ1) is 13.1. The molecule has 3 rings (SSSR count). The van der Waals surface area contributed by atoms with Crippen molar-refractivity contribution in [2.24, 2.45) is 5.84 Å². The highest BCUT2D eigenvalue weighted by atomic mass is 35.5. The van der Waals surface area contributed by atoms with E-state index in [0.717, 1.165) is 22.1 Å². The van der Waals surface area contributed by atoms with Crippen LogP contribution < -0.4 is 11.3 Å². The summed E-state index contributed by atoms with van der Waals surface area (Å²) >= 11 is 6.15. The molecular formula is C15H14ClN3O. The summed E-state index contributed by atoms with van der Waals surface area (Å²) in [5.74, 6) is 5.70. The molecule has 0 aliphatic rings. The Morgan fingerprint density at radius 2 is 2.15 bits per heavy atom. The molecule has 0 spiro atoms. The van der Waals surface area contributed by atoms with E-state index in [1.54, 1.807) is 18.7 Å². The van der Waals surface area contributed by atoms with Crippen molar-refractivity contribution in [3.63, 3.8) is 0 Å². The highest BCUT2D eigenvalue weighted by Crippen LogP contribution is 2.29. The molecule has 4 nitrogen and oxygen atoms in total. The van der Waals surface area contributed by atoms with Gasteiger partial charge in [0.15, 0.2) is 0 Å².